The number of carbonyl (C=O) groups excluding carboxylic acids is 2. The van der Waals surface area contributed by atoms with Crippen molar-refractivity contribution >= 4 is 23.5 Å². The van der Waals surface area contributed by atoms with Crippen LogP contribution < -0.4 is 14.4 Å². The number of methoxy groups -OCH3 is 2. The summed E-state index contributed by atoms with van der Waals surface area (Å²) in [7, 11) is 4.60. The van der Waals surface area contributed by atoms with Crippen molar-refractivity contribution in [3.8, 4) is 11.5 Å². The van der Waals surface area contributed by atoms with E-state index in [9.17, 15) is 14.4 Å². The minimum absolute atomic E-state index is 0.0962. The van der Waals surface area contributed by atoms with E-state index in [2.05, 4.69) is 0 Å². The van der Waals surface area contributed by atoms with Gasteiger partial charge in [-0.25, -0.2) is 0 Å². The number of hydrogen-bond donors (Lipinski definition) is 1. The molecule has 142 valence electrons. The summed E-state index contributed by atoms with van der Waals surface area (Å²) < 4.78 is 10.4. The van der Waals surface area contributed by atoms with Crippen molar-refractivity contribution < 1.29 is 29.0 Å². The summed E-state index contributed by atoms with van der Waals surface area (Å²) >= 11 is 0. The van der Waals surface area contributed by atoms with Crippen molar-refractivity contribution in [2.24, 2.45) is 11.8 Å². The molecular weight excluding hydrogens is 340 g/mol. The molecule has 0 spiro atoms. The van der Waals surface area contributed by atoms with Gasteiger partial charge in [0, 0.05) is 38.3 Å². The van der Waals surface area contributed by atoms with E-state index >= 15 is 0 Å². The lowest BCUT2D eigenvalue weighted by atomic mass is 10.1. The standard InChI is InChI=1S/C18H24N2O6/c1-11(18(23)24)9-19(2)17(22)12-7-16(21)20(10-12)13-5-6-14(25-3)15(8-13)26-4/h5-6,8,11-12H,7,9-10H2,1-4H3,(H,23,24)/t11-,12-/m0/s1. The Labute approximate surface area is 152 Å². The quantitative estimate of drug-likeness (QED) is 0.782. The molecule has 2 rings (SSSR count). The lowest BCUT2D eigenvalue weighted by Crippen LogP contribution is -2.38. The molecular formula is C18H24N2O6. The minimum Gasteiger partial charge on any atom is -0.493 e. The highest BCUT2D eigenvalue weighted by Crippen LogP contribution is 2.34. The Morgan fingerprint density at radius 2 is 1.96 bits per heavy atom. The first-order valence-electron chi connectivity index (χ1n) is 8.28. The second-order valence-corrected chi connectivity index (χ2v) is 6.40. The molecule has 0 unspecified atom stereocenters. The molecule has 2 amide bonds. The molecule has 1 aliphatic heterocycles. The van der Waals surface area contributed by atoms with Crippen LogP contribution in [0.3, 0.4) is 0 Å². The average Bonchev–Trinajstić information content (AvgIpc) is 3.01. The third-order valence-electron chi connectivity index (χ3n) is 4.50. The number of anilines is 1. The number of nitrogens with zero attached hydrogens (tertiary/aromatic N) is 2. The molecule has 26 heavy (non-hydrogen) atoms. The lowest BCUT2D eigenvalue weighted by molar-refractivity contribution is -0.143. The third kappa shape index (κ3) is 4.07. The molecule has 8 heteroatoms. The highest BCUT2D eigenvalue weighted by Gasteiger charge is 2.37. The molecule has 0 aromatic heterocycles. The van der Waals surface area contributed by atoms with E-state index in [0.29, 0.717) is 17.2 Å². The number of carbonyl (C=O) groups is 3. The third-order valence-corrected chi connectivity index (χ3v) is 4.50. The molecule has 2 atom stereocenters. The van der Waals surface area contributed by atoms with Crippen molar-refractivity contribution in [1.29, 1.82) is 0 Å². The van der Waals surface area contributed by atoms with Gasteiger partial charge in [0.1, 0.15) is 0 Å². The van der Waals surface area contributed by atoms with Gasteiger partial charge in [0.25, 0.3) is 0 Å². The molecule has 1 aromatic carbocycles. The maximum atomic E-state index is 12.6. The molecule has 8 nitrogen and oxygen atoms in total. The van der Waals surface area contributed by atoms with Crippen molar-refractivity contribution in [2.75, 3.05) is 39.3 Å². The zero-order chi connectivity index (χ0) is 19.4. The first-order chi connectivity index (χ1) is 12.3. The molecule has 0 saturated carbocycles. The van der Waals surface area contributed by atoms with Crippen LogP contribution in [-0.4, -0.2) is 62.1 Å². The van der Waals surface area contributed by atoms with Gasteiger partial charge in [-0.3, -0.25) is 14.4 Å². The van der Waals surface area contributed by atoms with Crippen LogP contribution in [0.25, 0.3) is 0 Å². The van der Waals surface area contributed by atoms with E-state index in [1.54, 1.807) is 37.1 Å². The summed E-state index contributed by atoms with van der Waals surface area (Å²) in [5.41, 5.74) is 0.629. The Hall–Kier alpha value is -2.77. The van der Waals surface area contributed by atoms with Crippen LogP contribution in [0.15, 0.2) is 18.2 Å². The van der Waals surface area contributed by atoms with Crippen molar-refractivity contribution in [2.45, 2.75) is 13.3 Å². The first kappa shape index (κ1) is 19.6. The number of rotatable bonds is 7. The molecule has 1 heterocycles. The Morgan fingerprint density at radius 1 is 1.31 bits per heavy atom. The van der Waals surface area contributed by atoms with Gasteiger partial charge in [-0.1, -0.05) is 6.92 Å². The largest absolute Gasteiger partial charge is 0.493 e. The topological polar surface area (TPSA) is 96.4 Å². The predicted octanol–water partition coefficient (Wildman–Crippen LogP) is 1.24. The summed E-state index contributed by atoms with van der Waals surface area (Å²) in [4.78, 5) is 38.8. The van der Waals surface area contributed by atoms with Gasteiger partial charge in [-0.05, 0) is 12.1 Å². The number of hydrogen-bond acceptors (Lipinski definition) is 5. The van der Waals surface area contributed by atoms with Crippen LogP contribution in [0.1, 0.15) is 13.3 Å². The summed E-state index contributed by atoms with van der Waals surface area (Å²) in [5, 5.41) is 8.98. The van der Waals surface area contributed by atoms with Gasteiger partial charge >= 0.3 is 5.97 Å². The number of amides is 2. The van der Waals surface area contributed by atoms with Crippen LogP contribution in [0.4, 0.5) is 5.69 Å². The molecule has 0 bridgehead atoms. The van der Waals surface area contributed by atoms with Gasteiger partial charge in [-0.2, -0.15) is 0 Å². The van der Waals surface area contributed by atoms with Crippen LogP contribution in [0.5, 0.6) is 11.5 Å². The van der Waals surface area contributed by atoms with Crippen molar-refractivity contribution in [3.05, 3.63) is 18.2 Å². The fourth-order valence-electron chi connectivity index (χ4n) is 3.01. The minimum atomic E-state index is -0.959. The number of ether oxygens (including phenoxy) is 2. The maximum Gasteiger partial charge on any atom is 0.308 e. The normalized spacial score (nSPS) is 17.8. The van der Waals surface area contributed by atoms with E-state index < -0.39 is 17.8 Å². The molecule has 1 aliphatic rings. The van der Waals surface area contributed by atoms with E-state index in [1.807, 2.05) is 0 Å². The number of carboxylic acid groups (broad SMARTS) is 1. The SMILES string of the molecule is COc1ccc(N2C[C@@H](C(=O)N(C)C[C@H](C)C(=O)O)CC2=O)cc1OC. The summed E-state index contributed by atoms with van der Waals surface area (Å²) in [5.74, 6) is -1.45. The summed E-state index contributed by atoms with van der Waals surface area (Å²) in [6.45, 7) is 1.90. The van der Waals surface area contributed by atoms with E-state index in [-0.39, 0.29) is 31.3 Å². The van der Waals surface area contributed by atoms with Crippen molar-refractivity contribution in [1.82, 2.24) is 4.90 Å². The van der Waals surface area contributed by atoms with Gasteiger partial charge in [0.2, 0.25) is 11.8 Å². The Morgan fingerprint density at radius 3 is 2.54 bits per heavy atom. The van der Waals surface area contributed by atoms with Crippen LogP contribution in [0.2, 0.25) is 0 Å². The predicted molar refractivity (Wildman–Crippen MR) is 94.4 cm³/mol. The number of aliphatic carboxylic acids is 1. The van der Waals surface area contributed by atoms with Gasteiger partial charge in [0.15, 0.2) is 11.5 Å². The Bertz CT molecular complexity index is 705. The molecule has 0 radical (unpaired) electrons. The zero-order valence-corrected chi connectivity index (χ0v) is 15.4. The van der Waals surface area contributed by atoms with Crippen LogP contribution in [-0.2, 0) is 14.4 Å². The Kier molecular flexibility index (Phi) is 6.07. The monoisotopic (exact) mass is 364 g/mol. The number of benzene rings is 1. The van der Waals surface area contributed by atoms with Gasteiger partial charge < -0.3 is 24.4 Å². The fourth-order valence-corrected chi connectivity index (χ4v) is 3.01. The van der Waals surface area contributed by atoms with Crippen molar-refractivity contribution in [3.63, 3.8) is 0 Å². The van der Waals surface area contributed by atoms with Gasteiger partial charge in [-0.15, -0.1) is 0 Å². The number of carboxylic acids is 1. The van der Waals surface area contributed by atoms with Crippen LogP contribution >= 0.6 is 0 Å². The highest BCUT2D eigenvalue weighted by atomic mass is 16.5. The van der Waals surface area contributed by atoms with E-state index in [0.717, 1.165) is 0 Å². The maximum absolute atomic E-state index is 12.6. The summed E-state index contributed by atoms with van der Waals surface area (Å²) in [6, 6.07) is 5.14. The fraction of sp³-hybridized carbons (Fsp3) is 0.500. The van der Waals surface area contributed by atoms with Crippen LogP contribution in [0, 0.1) is 11.8 Å². The van der Waals surface area contributed by atoms with E-state index in [1.165, 1.54) is 19.1 Å². The molecule has 1 aromatic rings. The Balaban J connectivity index is 2.10. The smallest absolute Gasteiger partial charge is 0.308 e. The summed E-state index contributed by atoms with van der Waals surface area (Å²) in [6.07, 6.45) is 0.0962. The highest BCUT2D eigenvalue weighted by molar-refractivity contribution is 6.00. The van der Waals surface area contributed by atoms with E-state index in [4.69, 9.17) is 14.6 Å². The molecule has 0 aliphatic carbocycles. The molecule has 1 fully saturated rings. The second kappa shape index (κ2) is 8.07. The molecule has 1 N–H and O–H groups in total. The zero-order valence-electron chi connectivity index (χ0n) is 15.4. The first-order valence-corrected chi connectivity index (χ1v) is 8.28. The molecule has 1 saturated heterocycles. The lowest BCUT2D eigenvalue weighted by Gasteiger charge is -2.23. The second-order valence-electron chi connectivity index (χ2n) is 6.40. The van der Waals surface area contributed by atoms with Gasteiger partial charge in [0.05, 0.1) is 26.1 Å². The average molecular weight is 364 g/mol.